The van der Waals surface area contributed by atoms with Crippen LogP contribution in [0.1, 0.15) is 16.8 Å². The molecule has 0 atom stereocenters. The van der Waals surface area contributed by atoms with E-state index in [1.54, 1.807) is 6.07 Å². The number of carbonyl (C=O) groups is 2. The van der Waals surface area contributed by atoms with Gasteiger partial charge in [-0.05, 0) is 17.7 Å². The second-order valence-corrected chi connectivity index (χ2v) is 5.23. The third kappa shape index (κ3) is 3.50. The van der Waals surface area contributed by atoms with Crippen molar-refractivity contribution in [2.45, 2.75) is 6.42 Å². The summed E-state index contributed by atoms with van der Waals surface area (Å²) in [6, 6.07) is 7.09. The van der Waals surface area contributed by atoms with Gasteiger partial charge in [0.05, 0.1) is 11.0 Å². The van der Waals surface area contributed by atoms with Crippen LogP contribution in [0.3, 0.4) is 0 Å². The predicted octanol–water partition coefficient (Wildman–Crippen LogP) is 2.87. The lowest BCUT2D eigenvalue weighted by Gasteiger charge is -2.04. The lowest BCUT2D eigenvalue weighted by Crippen LogP contribution is -2.12. The number of hydrogen-bond acceptors (Lipinski definition) is 6. The molecule has 0 spiro atoms. The number of nitrogens with zero attached hydrogens (tertiary/aromatic N) is 2. The van der Waals surface area contributed by atoms with Crippen LogP contribution in [0.25, 0.3) is 11.1 Å². The van der Waals surface area contributed by atoms with Crippen molar-refractivity contribution in [1.29, 1.82) is 5.26 Å². The number of carboxylic acid groups (broad SMARTS) is 1. The number of aromatic carboxylic acids is 1. The van der Waals surface area contributed by atoms with Gasteiger partial charge in [0.1, 0.15) is 17.0 Å². The first-order chi connectivity index (χ1) is 10.9. The van der Waals surface area contributed by atoms with Gasteiger partial charge in [-0.3, -0.25) is 14.9 Å². The zero-order valence-corrected chi connectivity index (χ0v) is 12.3. The van der Waals surface area contributed by atoms with E-state index >= 15 is 0 Å². The summed E-state index contributed by atoms with van der Waals surface area (Å²) in [5.74, 6) is -1.85. The molecule has 0 radical (unpaired) electrons. The molecule has 0 bridgehead atoms. The summed E-state index contributed by atoms with van der Waals surface area (Å²) in [6.45, 7) is 0. The highest BCUT2D eigenvalue weighted by molar-refractivity contribution is 7.15. The maximum absolute atomic E-state index is 11.5. The molecule has 8 nitrogen and oxygen atoms in total. The van der Waals surface area contributed by atoms with Gasteiger partial charge in [-0.2, -0.15) is 5.26 Å². The summed E-state index contributed by atoms with van der Waals surface area (Å²) in [7, 11) is 0. The summed E-state index contributed by atoms with van der Waals surface area (Å²) in [6.07, 6.45) is -0.385. The fourth-order valence-corrected chi connectivity index (χ4v) is 2.86. The first-order valence-corrected chi connectivity index (χ1v) is 7.08. The molecule has 1 aromatic heterocycles. The number of rotatable bonds is 5. The maximum atomic E-state index is 11.5. The van der Waals surface area contributed by atoms with E-state index in [0.29, 0.717) is 11.1 Å². The third-order valence-corrected chi connectivity index (χ3v) is 3.78. The van der Waals surface area contributed by atoms with E-state index in [1.165, 1.54) is 29.6 Å². The Morgan fingerprint density at radius 1 is 1.35 bits per heavy atom. The number of amides is 1. The van der Waals surface area contributed by atoms with Crippen LogP contribution in [-0.2, 0) is 4.79 Å². The van der Waals surface area contributed by atoms with Crippen LogP contribution in [0.15, 0.2) is 29.6 Å². The molecule has 2 rings (SSSR count). The normalized spacial score (nSPS) is 9.87. The number of carbonyl (C=O) groups excluding carboxylic acids is 1. The van der Waals surface area contributed by atoms with E-state index in [2.05, 4.69) is 5.32 Å². The molecule has 0 aliphatic heterocycles. The number of nitrogens with one attached hydrogen (secondary N) is 1. The highest BCUT2D eigenvalue weighted by Crippen LogP contribution is 2.36. The minimum Gasteiger partial charge on any atom is -0.478 e. The number of nitro benzene ring substituents is 1. The smallest absolute Gasteiger partial charge is 0.339 e. The summed E-state index contributed by atoms with van der Waals surface area (Å²) in [5, 5.41) is 32.5. The Balaban J connectivity index is 2.41. The van der Waals surface area contributed by atoms with Gasteiger partial charge >= 0.3 is 5.97 Å². The average molecular weight is 331 g/mol. The lowest BCUT2D eigenvalue weighted by molar-refractivity contribution is -0.384. The highest BCUT2D eigenvalue weighted by Gasteiger charge is 2.21. The molecule has 1 aromatic carbocycles. The standard InChI is InChI=1S/C14H9N3O5S/c15-6-5-11(18)16-13-12(14(19)20)10(7-23-13)8-1-3-9(4-2-8)17(21)22/h1-4,7H,5H2,(H,16,18)(H,19,20). The second kappa shape index (κ2) is 6.67. The second-order valence-electron chi connectivity index (χ2n) is 4.35. The number of hydrogen-bond donors (Lipinski definition) is 2. The Morgan fingerprint density at radius 2 is 2.00 bits per heavy atom. The van der Waals surface area contributed by atoms with E-state index in [9.17, 15) is 24.8 Å². The van der Waals surface area contributed by atoms with Crippen molar-refractivity contribution in [3.05, 3.63) is 45.3 Å². The van der Waals surface area contributed by atoms with E-state index in [4.69, 9.17) is 5.26 Å². The average Bonchev–Trinajstić information content (AvgIpc) is 2.91. The molecule has 0 unspecified atom stereocenters. The summed E-state index contributed by atoms with van der Waals surface area (Å²) >= 11 is 1.01. The van der Waals surface area contributed by atoms with E-state index in [1.807, 2.05) is 0 Å². The zero-order chi connectivity index (χ0) is 17.0. The minimum atomic E-state index is -1.24. The van der Waals surface area contributed by atoms with Crippen LogP contribution in [-0.4, -0.2) is 21.9 Å². The molecule has 1 heterocycles. The molecule has 2 N–H and O–H groups in total. The van der Waals surface area contributed by atoms with E-state index in [0.717, 1.165) is 11.3 Å². The van der Waals surface area contributed by atoms with Gasteiger partial charge in [0.2, 0.25) is 5.91 Å². The highest BCUT2D eigenvalue weighted by atomic mass is 32.1. The Kier molecular flexibility index (Phi) is 4.68. The van der Waals surface area contributed by atoms with Gasteiger partial charge in [-0.25, -0.2) is 4.79 Å². The number of nitro groups is 1. The van der Waals surface area contributed by atoms with Crippen LogP contribution >= 0.6 is 11.3 Å². The maximum Gasteiger partial charge on any atom is 0.339 e. The van der Waals surface area contributed by atoms with Crippen molar-refractivity contribution in [3.8, 4) is 17.2 Å². The van der Waals surface area contributed by atoms with Gasteiger partial charge in [0.15, 0.2) is 0 Å². The molecule has 2 aromatic rings. The largest absolute Gasteiger partial charge is 0.478 e. The number of anilines is 1. The first kappa shape index (κ1) is 16.1. The molecule has 0 fully saturated rings. The Hall–Kier alpha value is -3.25. The van der Waals surface area contributed by atoms with Gasteiger partial charge < -0.3 is 10.4 Å². The molecule has 0 aliphatic carbocycles. The van der Waals surface area contributed by atoms with E-state index in [-0.39, 0.29) is 22.7 Å². The molecule has 1 amide bonds. The Labute approximate surface area is 133 Å². The van der Waals surface area contributed by atoms with Crippen molar-refractivity contribution in [2.75, 3.05) is 5.32 Å². The number of thiophene rings is 1. The number of nitriles is 1. The van der Waals surface area contributed by atoms with Crippen LogP contribution in [0.5, 0.6) is 0 Å². The monoisotopic (exact) mass is 331 g/mol. The summed E-state index contributed by atoms with van der Waals surface area (Å²) < 4.78 is 0. The van der Waals surface area contributed by atoms with Gasteiger partial charge in [0.25, 0.3) is 5.69 Å². The van der Waals surface area contributed by atoms with Crippen LogP contribution in [0, 0.1) is 21.4 Å². The quantitative estimate of drug-likeness (QED) is 0.639. The van der Waals surface area contributed by atoms with Crippen molar-refractivity contribution in [1.82, 2.24) is 0 Å². The van der Waals surface area contributed by atoms with Crippen molar-refractivity contribution in [3.63, 3.8) is 0 Å². The molecule has 0 saturated carbocycles. The van der Waals surface area contributed by atoms with Crippen molar-refractivity contribution < 1.29 is 19.6 Å². The summed E-state index contributed by atoms with van der Waals surface area (Å²) in [5.41, 5.74) is 0.591. The lowest BCUT2D eigenvalue weighted by atomic mass is 10.0. The zero-order valence-electron chi connectivity index (χ0n) is 11.5. The minimum absolute atomic E-state index is 0.108. The summed E-state index contributed by atoms with van der Waals surface area (Å²) in [4.78, 5) is 33.0. The SMILES string of the molecule is N#CCC(=O)Nc1scc(-c2ccc([N+](=O)[O-])cc2)c1C(=O)O. The Bertz CT molecular complexity index is 820. The molecule has 0 saturated heterocycles. The van der Waals surface area contributed by atoms with Crippen LogP contribution in [0.2, 0.25) is 0 Å². The van der Waals surface area contributed by atoms with Crippen molar-refractivity contribution >= 4 is 33.9 Å². The predicted molar refractivity (Wildman–Crippen MR) is 82.2 cm³/mol. The third-order valence-electron chi connectivity index (χ3n) is 2.89. The topological polar surface area (TPSA) is 133 Å². The molecule has 0 aliphatic rings. The van der Waals surface area contributed by atoms with E-state index < -0.39 is 16.8 Å². The Morgan fingerprint density at radius 3 is 2.52 bits per heavy atom. The van der Waals surface area contributed by atoms with Gasteiger partial charge in [0, 0.05) is 23.1 Å². The fraction of sp³-hybridized carbons (Fsp3) is 0.0714. The number of non-ortho nitro benzene ring substituents is 1. The van der Waals surface area contributed by atoms with Crippen LogP contribution < -0.4 is 5.32 Å². The van der Waals surface area contributed by atoms with Gasteiger partial charge in [-0.15, -0.1) is 11.3 Å². The van der Waals surface area contributed by atoms with Crippen molar-refractivity contribution in [2.24, 2.45) is 0 Å². The number of benzene rings is 1. The molecular weight excluding hydrogens is 322 g/mol. The fourth-order valence-electron chi connectivity index (χ4n) is 1.88. The first-order valence-electron chi connectivity index (χ1n) is 6.20. The molecule has 116 valence electrons. The van der Waals surface area contributed by atoms with Crippen LogP contribution in [0.4, 0.5) is 10.7 Å². The number of carboxylic acids is 1. The van der Waals surface area contributed by atoms with Gasteiger partial charge in [-0.1, -0.05) is 0 Å². The molecular formula is C14H9N3O5S. The molecule has 9 heteroatoms. The molecule has 23 heavy (non-hydrogen) atoms.